The summed E-state index contributed by atoms with van der Waals surface area (Å²) in [5.74, 6) is 0. The second-order valence-electron chi connectivity index (χ2n) is 2.84. The molecule has 1 saturated heterocycles. The van der Waals surface area contributed by atoms with E-state index in [0.29, 0.717) is 0 Å². The molecule has 0 spiro atoms. The third-order valence-electron chi connectivity index (χ3n) is 2.02. The third-order valence-corrected chi connectivity index (χ3v) is 2.02. The SMILES string of the molecule is O[C@@]1(C(F)(F)F)CCNC[C@H]1F. The fraction of sp³-hybridized carbons (Fsp3) is 1.00. The van der Waals surface area contributed by atoms with Crippen LogP contribution in [-0.4, -0.2) is 36.1 Å². The monoisotopic (exact) mass is 187 g/mol. The van der Waals surface area contributed by atoms with Crippen LogP contribution in [0.3, 0.4) is 0 Å². The first-order valence-electron chi connectivity index (χ1n) is 3.52. The Morgan fingerprint density at radius 1 is 1.42 bits per heavy atom. The Labute approximate surface area is 66.6 Å². The van der Waals surface area contributed by atoms with Crippen LogP contribution in [0.15, 0.2) is 0 Å². The molecule has 2 nitrogen and oxygen atoms in total. The molecule has 1 rings (SSSR count). The number of aliphatic hydroxyl groups is 1. The summed E-state index contributed by atoms with van der Waals surface area (Å²) in [6, 6.07) is 0. The maximum absolute atomic E-state index is 12.7. The van der Waals surface area contributed by atoms with Crippen molar-refractivity contribution in [3.8, 4) is 0 Å². The van der Waals surface area contributed by atoms with Crippen molar-refractivity contribution in [1.29, 1.82) is 0 Å². The number of halogens is 4. The average molecular weight is 187 g/mol. The molecule has 0 saturated carbocycles. The fourth-order valence-corrected chi connectivity index (χ4v) is 1.15. The molecule has 6 heteroatoms. The molecule has 0 aromatic heterocycles. The molecule has 12 heavy (non-hydrogen) atoms. The van der Waals surface area contributed by atoms with Gasteiger partial charge in [0.15, 0.2) is 11.8 Å². The second-order valence-corrected chi connectivity index (χ2v) is 2.84. The normalized spacial score (nSPS) is 38.2. The Kier molecular flexibility index (Phi) is 2.31. The molecule has 2 N–H and O–H groups in total. The smallest absolute Gasteiger partial charge is 0.378 e. The maximum Gasteiger partial charge on any atom is 0.420 e. The van der Waals surface area contributed by atoms with Crippen LogP contribution in [-0.2, 0) is 0 Å². The van der Waals surface area contributed by atoms with E-state index in [1.807, 2.05) is 0 Å². The molecule has 1 fully saturated rings. The van der Waals surface area contributed by atoms with E-state index in [1.165, 1.54) is 0 Å². The van der Waals surface area contributed by atoms with E-state index in [2.05, 4.69) is 5.32 Å². The summed E-state index contributed by atoms with van der Waals surface area (Å²) in [4.78, 5) is 0. The average Bonchev–Trinajstić information content (AvgIpc) is 1.93. The molecule has 1 aliphatic rings. The number of hydrogen-bond donors (Lipinski definition) is 2. The first-order valence-corrected chi connectivity index (χ1v) is 3.52. The molecule has 0 aromatic carbocycles. The van der Waals surface area contributed by atoms with Gasteiger partial charge in [-0.3, -0.25) is 0 Å². The Hall–Kier alpha value is -0.360. The topological polar surface area (TPSA) is 32.3 Å². The van der Waals surface area contributed by atoms with Crippen LogP contribution in [0.4, 0.5) is 17.6 Å². The number of alkyl halides is 4. The number of nitrogens with one attached hydrogen (secondary N) is 1. The van der Waals surface area contributed by atoms with Crippen molar-refractivity contribution in [3.05, 3.63) is 0 Å². The fourth-order valence-electron chi connectivity index (χ4n) is 1.15. The second kappa shape index (κ2) is 2.85. The van der Waals surface area contributed by atoms with Crippen LogP contribution in [0.1, 0.15) is 6.42 Å². The van der Waals surface area contributed by atoms with Crippen LogP contribution in [0, 0.1) is 0 Å². The predicted molar refractivity (Wildman–Crippen MR) is 33.4 cm³/mol. The summed E-state index contributed by atoms with van der Waals surface area (Å²) in [5, 5.41) is 11.4. The molecule has 2 atom stereocenters. The highest BCUT2D eigenvalue weighted by atomic mass is 19.4. The zero-order valence-corrected chi connectivity index (χ0v) is 6.16. The first kappa shape index (κ1) is 9.73. The molecule has 0 aliphatic carbocycles. The molecular weight excluding hydrogens is 178 g/mol. The van der Waals surface area contributed by atoms with Gasteiger partial charge in [-0.05, 0) is 6.54 Å². The van der Waals surface area contributed by atoms with Crippen molar-refractivity contribution in [2.24, 2.45) is 0 Å². The van der Waals surface area contributed by atoms with Crippen LogP contribution < -0.4 is 5.32 Å². The van der Waals surface area contributed by atoms with Gasteiger partial charge in [0, 0.05) is 13.0 Å². The largest absolute Gasteiger partial charge is 0.420 e. The van der Waals surface area contributed by atoms with Gasteiger partial charge in [-0.15, -0.1) is 0 Å². The standard InChI is InChI=1S/C6H9F4NO/c7-4-3-11-2-1-5(4,12)6(8,9)10/h4,11-12H,1-3H2/t4-,5+/m1/s1. The summed E-state index contributed by atoms with van der Waals surface area (Å²) in [5.41, 5.74) is -3.15. The minimum absolute atomic E-state index is 0.0174. The van der Waals surface area contributed by atoms with Crippen LogP contribution in [0.2, 0.25) is 0 Å². The third kappa shape index (κ3) is 1.40. The Morgan fingerprint density at radius 2 is 2.00 bits per heavy atom. The highest BCUT2D eigenvalue weighted by Gasteiger charge is 2.59. The summed E-state index contributed by atoms with van der Waals surface area (Å²) < 4.78 is 48.9. The van der Waals surface area contributed by atoms with Crippen LogP contribution in [0.5, 0.6) is 0 Å². The van der Waals surface area contributed by atoms with Crippen molar-refractivity contribution in [1.82, 2.24) is 5.32 Å². The van der Waals surface area contributed by atoms with E-state index in [9.17, 15) is 17.6 Å². The Bertz CT molecular complexity index is 171. The summed E-state index contributed by atoms with van der Waals surface area (Å²) >= 11 is 0. The van der Waals surface area contributed by atoms with Gasteiger partial charge in [-0.1, -0.05) is 0 Å². The van der Waals surface area contributed by atoms with Gasteiger partial charge in [0.2, 0.25) is 0 Å². The first-order chi connectivity index (χ1) is 5.38. The van der Waals surface area contributed by atoms with Crippen molar-refractivity contribution < 1.29 is 22.7 Å². The molecule has 0 unspecified atom stereocenters. The Morgan fingerprint density at radius 3 is 2.33 bits per heavy atom. The van der Waals surface area contributed by atoms with Crippen LogP contribution >= 0.6 is 0 Å². The number of piperidine rings is 1. The molecule has 0 radical (unpaired) electrons. The highest BCUT2D eigenvalue weighted by Crippen LogP contribution is 2.38. The van der Waals surface area contributed by atoms with Crippen molar-refractivity contribution in [2.75, 3.05) is 13.1 Å². The molecule has 1 aliphatic heterocycles. The number of rotatable bonds is 0. The predicted octanol–water partition coefficient (Wildman–Crippen LogP) is 0.611. The maximum atomic E-state index is 12.7. The van der Waals surface area contributed by atoms with Gasteiger partial charge in [0.05, 0.1) is 0 Å². The van der Waals surface area contributed by atoms with Gasteiger partial charge in [0.1, 0.15) is 0 Å². The van der Waals surface area contributed by atoms with Gasteiger partial charge < -0.3 is 10.4 Å². The van der Waals surface area contributed by atoms with Crippen molar-refractivity contribution in [2.45, 2.75) is 24.4 Å². The molecule has 0 bridgehead atoms. The summed E-state index contributed by atoms with van der Waals surface area (Å²) in [6.45, 7) is -0.466. The summed E-state index contributed by atoms with van der Waals surface area (Å²) in [6.07, 6.45) is -7.78. The lowest BCUT2D eigenvalue weighted by Gasteiger charge is -2.36. The Balaban J connectivity index is 2.79. The van der Waals surface area contributed by atoms with Gasteiger partial charge >= 0.3 is 6.18 Å². The van der Waals surface area contributed by atoms with E-state index in [1.54, 1.807) is 0 Å². The number of hydrogen-bond acceptors (Lipinski definition) is 2. The van der Waals surface area contributed by atoms with E-state index < -0.39 is 30.9 Å². The van der Waals surface area contributed by atoms with Gasteiger partial charge in [-0.2, -0.15) is 13.2 Å². The quantitative estimate of drug-likeness (QED) is 0.544. The lowest BCUT2D eigenvalue weighted by Crippen LogP contribution is -2.60. The van der Waals surface area contributed by atoms with E-state index >= 15 is 0 Å². The zero-order valence-electron chi connectivity index (χ0n) is 6.16. The molecule has 1 heterocycles. The minimum Gasteiger partial charge on any atom is -0.378 e. The highest BCUT2D eigenvalue weighted by molar-refractivity contribution is 4.97. The zero-order chi connectivity index (χ0) is 9.41. The van der Waals surface area contributed by atoms with Gasteiger partial charge in [0.25, 0.3) is 0 Å². The minimum atomic E-state index is -4.88. The lowest BCUT2D eigenvalue weighted by atomic mass is 9.90. The van der Waals surface area contributed by atoms with Crippen LogP contribution in [0.25, 0.3) is 0 Å². The van der Waals surface area contributed by atoms with E-state index in [4.69, 9.17) is 5.11 Å². The lowest BCUT2D eigenvalue weighted by molar-refractivity contribution is -0.286. The van der Waals surface area contributed by atoms with E-state index in [0.717, 1.165) is 0 Å². The molecule has 0 aromatic rings. The summed E-state index contributed by atoms with van der Waals surface area (Å²) in [7, 11) is 0. The molecular formula is C6H9F4NO. The van der Waals surface area contributed by atoms with E-state index in [-0.39, 0.29) is 6.54 Å². The molecule has 72 valence electrons. The van der Waals surface area contributed by atoms with Crippen molar-refractivity contribution in [3.63, 3.8) is 0 Å². The van der Waals surface area contributed by atoms with Crippen molar-refractivity contribution >= 4 is 0 Å². The van der Waals surface area contributed by atoms with Gasteiger partial charge in [-0.25, -0.2) is 4.39 Å². The molecule has 0 amide bonds.